The first kappa shape index (κ1) is 19.8. The van der Waals surface area contributed by atoms with Gasteiger partial charge in [-0.25, -0.2) is 0 Å². The molecule has 0 atom stereocenters. The van der Waals surface area contributed by atoms with Crippen LogP contribution in [0.15, 0.2) is 41.1 Å². The van der Waals surface area contributed by atoms with Crippen LogP contribution < -0.4 is 20.5 Å². The Morgan fingerprint density at radius 1 is 1.04 bits per heavy atom. The van der Waals surface area contributed by atoms with Crippen molar-refractivity contribution in [3.05, 3.63) is 42.2 Å². The Bertz CT molecular complexity index is 897. The van der Waals surface area contributed by atoms with E-state index in [-0.39, 0.29) is 0 Å². The third-order valence-corrected chi connectivity index (χ3v) is 3.92. The van der Waals surface area contributed by atoms with Gasteiger partial charge in [0.15, 0.2) is 11.5 Å². The Kier molecular flexibility index (Phi) is 6.94. The van der Waals surface area contributed by atoms with Gasteiger partial charge in [0, 0.05) is 37.0 Å². The molecule has 0 aliphatic heterocycles. The van der Waals surface area contributed by atoms with Crippen molar-refractivity contribution >= 4 is 0 Å². The normalized spacial score (nSPS) is 10.8. The van der Waals surface area contributed by atoms with Crippen molar-refractivity contribution in [2.24, 2.45) is 5.73 Å². The first-order valence-electron chi connectivity index (χ1n) is 9.35. The monoisotopic (exact) mass is 383 g/mol. The molecule has 8 heteroatoms. The molecule has 0 amide bonds. The number of pyridine rings is 1. The molecule has 3 rings (SSSR count). The van der Waals surface area contributed by atoms with Gasteiger partial charge in [0.05, 0.1) is 18.9 Å². The number of aromatic nitrogens is 3. The maximum absolute atomic E-state index is 5.67. The smallest absolute Gasteiger partial charge is 0.258 e. The molecule has 148 valence electrons. The van der Waals surface area contributed by atoms with E-state index in [1.165, 1.54) is 0 Å². The molecule has 0 unspecified atom stereocenters. The summed E-state index contributed by atoms with van der Waals surface area (Å²) in [6.45, 7) is 6.91. The van der Waals surface area contributed by atoms with Gasteiger partial charge in [-0.1, -0.05) is 5.16 Å². The summed E-state index contributed by atoms with van der Waals surface area (Å²) in [6, 6.07) is 9.36. The molecule has 0 saturated carbocycles. The zero-order chi connectivity index (χ0) is 19.8. The highest BCUT2D eigenvalue weighted by Gasteiger charge is 2.14. The van der Waals surface area contributed by atoms with Crippen molar-refractivity contribution in [1.82, 2.24) is 20.4 Å². The van der Waals surface area contributed by atoms with Gasteiger partial charge >= 0.3 is 0 Å². The average Bonchev–Trinajstić information content (AvgIpc) is 3.20. The molecule has 0 aliphatic carbocycles. The van der Waals surface area contributed by atoms with Gasteiger partial charge in [-0.15, -0.1) is 0 Å². The molecule has 2 aromatic heterocycles. The molecule has 0 saturated heterocycles. The lowest BCUT2D eigenvalue weighted by atomic mass is 10.2. The summed E-state index contributed by atoms with van der Waals surface area (Å²) in [7, 11) is 0. The first-order valence-corrected chi connectivity index (χ1v) is 9.35. The second-order valence-corrected chi connectivity index (χ2v) is 5.95. The van der Waals surface area contributed by atoms with Crippen LogP contribution in [0, 0.1) is 0 Å². The standard InChI is InChI=1S/C20H25N5O3/c1-3-26-17-6-5-15(12-18(17)27-4-2)20-24-19(25-28-20)14-7-9-23-16(11-14)13-22-10-8-21/h5-7,9,11-12,22H,3-4,8,10,13,21H2,1-2H3. The van der Waals surface area contributed by atoms with Gasteiger partial charge in [0.25, 0.3) is 5.89 Å². The predicted molar refractivity (Wildman–Crippen MR) is 106 cm³/mol. The molecule has 2 heterocycles. The van der Waals surface area contributed by atoms with Crippen molar-refractivity contribution in [1.29, 1.82) is 0 Å². The van der Waals surface area contributed by atoms with Crippen LogP contribution in [0.4, 0.5) is 0 Å². The number of nitrogens with two attached hydrogens (primary N) is 1. The number of hydrogen-bond donors (Lipinski definition) is 2. The van der Waals surface area contributed by atoms with Gasteiger partial charge in [-0.3, -0.25) is 4.98 Å². The SMILES string of the molecule is CCOc1ccc(-c2nc(-c3ccnc(CNCCN)c3)no2)cc1OCC. The summed E-state index contributed by atoms with van der Waals surface area (Å²) in [4.78, 5) is 8.86. The topological polar surface area (TPSA) is 108 Å². The van der Waals surface area contributed by atoms with Crippen LogP contribution in [-0.4, -0.2) is 41.4 Å². The molecular weight excluding hydrogens is 358 g/mol. The van der Waals surface area contributed by atoms with Crippen molar-refractivity contribution < 1.29 is 14.0 Å². The highest BCUT2D eigenvalue weighted by atomic mass is 16.5. The molecule has 0 bridgehead atoms. The fourth-order valence-electron chi connectivity index (χ4n) is 2.67. The third-order valence-electron chi connectivity index (χ3n) is 3.92. The Balaban J connectivity index is 1.82. The maximum Gasteiger partial charge on any atom is 0.258 e. The van der Waals surface area contributed by atoms with E-state index < -0.39 is 0 Å². The number of nitrogens with zero attached hydrogens (tertiary/aromatic N) is 3. The minimum absolute atomic E-state index is 0.415. The summed E-state index contributed by atoms with van der Waals surface area (Å²) in [5, 5.41) is 7.33. The van der Waals surface area contributed by atoms with Crippen LogP contribution in [0.1, 0.15) is 19.5 Å². The minimum Gasteiger partial charge on any atom is -0.490 e. The molecule has 1 aromatic carbocycles. The highest BCUT2D eigenvalue weighted by molar-refractivity contribution is 5.63. The molecule has 0 spiro atoms. The molecule has 0 aliphatic rings. The van der Waals surface area contributed by atoms with E-state index >= 15 is 0 Å². The number of ether oxygens (including phenoxy) is 2. The van der Waals surface area contributed by atoms with Crippen LogP contribution in [0.3, 0.4) is 0 Å². The van der Waals surface area contributed by atoms with Crippen LogP contribution in [0.25, 0.3) is 22.8 Å². The highest BCUT2D eigenvalue weighted by Crippen LogP contribution is 2.33. The fraction of sp³-hybridized carbons (Fsp3) is 0.350. The van der Waals surface area contributed by atoms with Crippen LogP contribution in [-0.2, 0) is 6.54 Å². The third kappa shape index (κ3) is 4.85. The first-order chi connectivity index (χ1) is 13.7. The van der Waals surface area contributed by atoms with Gasteiger partial charge in [0.1, 0.15) is 0 Å². The zero-order valence-electron chi connectivity index (χ0n) is 16.1. The number of hydrogen-bond acceptors (Lipinski definition) is 8. The molecule has 0 fully saturated rings. The molecule has 8 nitrogen and oxygen atoms in total. The lowest BCUT2D eigenvalue weighted by Gasteiger charge is -2.11. The summed E-state index contributed by atoms with van der Waals surface area (Å²) in [5.74, 6) is 2.26. The van der Waals surface area contributed by atoms with Gasteiger partial charge in [0.2, 0.25) is 5.82 Å². The van der Waals surface area contributed by atoms with Crippen LogP contribution >= 0.6 is 0 Å². The second kappa shape index (κ2) is 9.82. The van der Waals surface area contributed by atoms with Crippen molar-refractivity contribution in [2.45, 2.75) is 20.4 Å². The van der Waals surface area contributed by atoms with Gasteiger partial charge in [-0.05, 0) is 44.2 Å². The number of benzene rings is 1. The van der Waals surface area contributed by atoms with Gasteiger partial charge < -0.3 is 25.0 Å². The van der Waals surface area contributed by atoms with E-state index in [2.05, 4.69) is 20.4 Å². The molecular formula is C20H25N5O3. The summed E-state index contributed by atoms with van der Waals surface area (Å²) < 4.78 is 16.7. The number of rotatable bonds is 10. The summed E-state index contributed by atoms with van der Waals surface area (Å²) in [6.07, 6.45) is 1.73. The zero-order valence-corrected chi connectivity index (χ0v) is 16.1. The lowest BCUT2D eigenvalue weighted by molar-refractivity contribution is 0.288. The van der Waals surface area contributed by atoms with Crippen molar-refractivity contribution in [2.75, 3.05) is 26.3 Å². The Morgan fingerprint density at radius 3 is 2.64 bits per heavy atom. The van der Waals surface area contributed by atoms with Crippen LogP contribution in [0.2, 0.25) is 0 Å². The summed E-state index contributed by atoms with van der Waals surface area (Å²) in [5.41, 5.74) is 7.99. The van der Waals surface area contributed by atoms with E-state index in [9.17, 15) is 0 Å². The predicted octanol–water partition coefficient (Wildman–Crippen LogP) is 2.64. The average molecular weight is 383 g/mol. The molecule has 3 aromatic rings. The Morgan fingerprint density at radius 2 is 1.86 bits per heavy atom. The van der Waals surface area contributed by atoms with Crippen molar-refractivity contribution in [3.63, 3.8) is 0 Å². The van der Waals surface area contributed by atoms with Crippen LogP contribution in [0.5, 0.6) is 11.5 Å². The lowest BCUT2D eigenvalue weighted by Crippen LogP contribution is -2.22. The Hall–Kier alpha value is -2.97. The van der Waals surface area contributed by atoms with E-state index in [1.807, 2.05) is 44.2 Å². The Labute approximate surface area is 164 Å². The van der Waals surface area contributed by atoms with E-state index in [1.54, 1.807) is 6.20 Å². The molecule has 0 radical (unpaired) electrons. The van der Waals surface area contributed by atoms with E-state index in [4.69, 9.17) is 19.7 Å². The maximum atomic E-state index is 5.67. The van der Waals surface area contributed by atoms with Crippen molar-refractivity contribution in [3.8, 4) is 34.3 Å². The number of nitrogens with one attached hydrogen (secondary N) is 1. The fourth-order valence-corrected chi connectivity index (χ4v) is 2.67. The van der Waals surface area contributed by atoms with E-state index in [0.29, 0.717) is 49.5 Å². The second-order valence-electron chi connectivity index (χ2n) is 5.95. The van der Waals surface area contributed by atoms with E-state index in [0.717, 1.165) is 23.4 Å². The molecule has 28 heavy (non-hydrogen) atoms. The molecule has 3 N–H and O–H groups in total. The quantitative estimate of drug-likeness (QED) is 0.514. The van der Waals surface area contributed by atoms with Gasteiger partial charge in [-0.2, -0.15) is 4.98 Å². The minimum atomic E-state index is 0.415. The summed E-state index contributed by atoms with van der Waals surface area (Å²) >= 11 is 0. The largest absolute Gasteiger partial charge is 0.490 e.